The van der Waals surface area contributed by atoms with E-state index in [1.165, 1.54) is 4.90 Å². The predicted molar refractivity (Wildman–Crippen MR) is 123 cm³/mol. The van der Waals surface area contributed by atoms with Crippen LogP contribution in [-0.4, -0.2) is 49.1 Å². The number of fused-ring (bicyclic) bond motifs is 1. The van der Waals surface area contributed by atoms with Crippen molar-refractivity contribution in [1.82, 2.24) is 0 Å². The number of aliphatic carboxylic acids is 1. The molecule has 33 heavy (non-hydrogen) atoms. The molecule has 0 radical (unpaired) electrons. The maximum atomic E-state index is 14.1. The summed E-state index contributed by atoms with van der Waals surface area (Å²) in [5, 5.41) is 9.84. The molecule has 1 unspecified atom stereocenters. The molecule has 3 N–H and O–H groups in total. The third kappa shape index (κ3) is 4.55. The Morgan fingerprint density at radius 3 is 2.24 bits per heavy atom. The number of carboxylic acid groups (broad SMARTS) is 1. The first-order chi connectivity index (χ1) is 15.8. The first-order valence-electron chi connectivity index (χ1n) is 10.8. The Bertz CT molecular complexity index is 1020. The summed E-state index contributed by atoms with van der Waals surface area (Å²) in [6, 6.07) is 12.7. The van der Waals surface area contributed by atoms with Crippen LogP contribution in [0.3, 0.4) is 0 Å². The summed E-state index contributed by atoms with van der Waals surface area (Å²) in [5.41, 5.74) is 6.03. The molecule has 1 aliphatic heterocycles. The van der Waals surface area contributed by atoms with Crippen LogP contribution in [0.2, 0.25) is 0 Å². The molecule has 0 saturated carbocycles. The number of hydrogen-bond donors (Lipinski definition) is 2. The minimum absolute atomic E-state index is 0.0272. The third-order valence-electron chi connectivity index (χ3n) is 5.58. The average Bonchev–Trinajstić information content (AvgIpc) is 2.98. The Hall–Kier alpha value is -3.43. The highest BCUT2D eigenvalue weighted by Gasteiger charge is 2.58. The number of primary amides is 1. The topological polar surface area (TPSA) is 122 Å². The average molecular weight is 456 g/mol. The smallest absolute Gasteiger partial charge is 0.320 e. The number of ether oxygens (including phenoxy) is 2. The van der Waals surface area contributed by atoms with Crippen LogP contribution in [0, 0.1) is 6.92 Å². The number of amides is 3. The van der Waals surface area contributed by atoms with Gasteiger partial charge in [0.1, 0.15) is 0 Å². The molecule has 3 amide bonds. The highest BCUT2D eigenvalue weighted by atomic mass is 16.7. The Kier molecular flexibility index (Phi) is 7.35. The summed E-state index contributed by atoms with van der Waals surface area (Å²) in [5.74, 6) is -1.83. The van der Waals surface area contributed by atoms with E-state index < -0.39 is 36.2 Å². The van der Waals surface area contributed by atoms with Crippen molar-refractivity contribution >= 4 is 29.3 Å². The number of hydrogen-bond acceptors (Lipinski definition) is 5. The van der Waals surface area contributed by atoms with Gasteiger partial charge in [0.2, 0.25) is 0 Å². The Morgan fingerprint density at radius 2 is 1.70 bits per heavy atom. The minimum atomic E-state index is -1.87. The lowest BCUT2D eigenvalue weighted by Crippen LogP contribution is -2.59. The zero-order valence-corrected chi connectivity index (χ0v) is 19.0. The maximum Gasteiger partial charge on any atom is 0.320 e. The fourth-order valence-electron chi connectivity index (χ4n) is 4.28. The van der Waals surface area contributed by atoms with Gasteiger partial charge in [-0.2, -0.15) is 0 Å². The van der Waals surface area contributed by atoms with Crippen molar-refractivity contribution in [2.24, 2.45) is 5.73 Å². The Morgan fingerprint density at radius 1 is 1.09 bits per heavy atom. The Balaban J connectivity index is 2.21. The molecule has 0 aliphatic carbocycles. The molecule has 1 heterocycles. The highest BCUT2D eigenvalue weighted by molar-refractivity contribution is 6.15. The number of para-hydroxylation sites is 1. The second-order valence-electron chi connectivity index (χ2n) is 7.71. The van der Waals surface area contributed by atoms with Gasteiger partial charge in [-0.05, 0) is 39.0 Å². The largest absolute Gasteiger partial charge is 0.481 e. The van der Waals surface area contributed by atoms with Crippen molar-refractivity contribution in [1.29, 1.82) is 0 Å². The van der Waals surface area contributed by atoms with Gasteiger partial charge in [-0.3, -0.25) is 14.5 Å². The molecule has 3 rings (SSSR count). The molecule has 176 valence electrons. The molecule has 0 spiro atoms. The summed E-state index contributed by atoms with van der Waals surface area (Å²) >= 11 is 0. The van der Waals surface area contributed by atoms with Gasteiger partial charge in [-0.25, -0.2) is 4.79 Å². The monoisotopic (exact) mass is 455 g/mol. The summed E-state index contributed by atoms with van der Waals surface area (Å²) in [7, 11) is 0. The van der Waals surface area contributed by atoms with Crippen molar-refractivity contribution in [3.63, 3.8) is 0 Å². The molecular weight excluding hydrogens is 426 g/mol. The fraction of sp³-hybridized carbons (Fsp3) is 0.375. The third-order valence-corrected chi connectivity index (χ3v) is 5.58. The van der Waals surface area contributed by atoms with Gasteiger partial charge in [0.05, 0.1) is 18.7 Å². The van der Waals surface area contributed by atoms with Crippen LogP contribution < -0.4 is 15.5 Å². The zero-order valence-electron chi connectivity index (χ0n) is 19.0. The minimum Gasteiger partial charge on any atom is -0.481 e. The molecule has 9 heteroatoms. The van der Waals surface area contributed by atoms with Crippen LogP contribution in [0.15, 0.2) is 48.5 Å². The lowest BCUT2D eigenvalue weighted by Gasteiger charge is -2.38. The molecule has 0 saturated heterocycles. The quantitative estimate of drug-likeness (QED) is 0.531. The summed E-state index contributed by atoms with van der Waals surface area (Å²) in [4.78, 5) is 41.4. The lowest BCUT2D eigenvalue weighted by atomic mass is 9.85. The molecule has 2 aromatic rings. The van der Waals surface area contributed by atoms with Crippen molar-refractivity contribution in [3.8, 4) is 0 Å². The molecule has 9 nitrogen and oxygen atoms in total. The maximum absolute atomic E-state index is 14.1. The van der Waals surface area contributed by atoms with Crippen LogP contribution in [0.1, 0.15) is 31.4 Å². The van der Waals surface area contributed by atoms with E-state index in [2.05, 4.69) is 0 Å². The molecule has 0 aromatic heterocycles. The standard InChI is InChI=1S/C24H29N3O6/c1-4-32-21(33-5-2)15-26-19-9-7-6-8-18(19)24(22(26)30,14-20(28)29)27(23(25)31)17-12-10-16(3)11-13-17/h6-13,21H,4-5,14-15H2,1-3H3,(H2,25,31)(H,28,29). The van der Waals surface area contributed by atoms with Gasteiger partial charge >= 0.3 is 12.0 Å². The number of carbonyl (C=O) groups is 3. The summed E-state index contributed by atoms with van der Waals surface area (Å²) in [6.45, 7) is 6.26. The number of carboxylic acids is 1. The van der Waals surface area contributed by atoms with Crippen LogP contribution in [-0.2, 0) is 24.6 Å². The van der Waals surface area contributed by atoms with Gasteiger partial charge in [0.15, 0.2) is 11.8 Å². The molecular formula is C24H29N3O6. The van der Waals surface area contributed by atoms with Gasteiger partial charge in [0, 0.05) is 24.5 Å². The van der Waals surface area contributed by atoms with Crippen molar-refractivity contribution in [3.05, 3.63) is 59.7 Å². The number of nitrogens with two attached hydrogens (primary N) is 1. The van der Waals surface area contributed by atoms with E-state index in [-0.39, 0.29) is 6.54 Å². The van der Waals surface area contributed by atoms with Crippen molar-refractivity contribution in [2.75, 3.05) is 29.6 Å². The predicted octanol–water partition coefficient (Wildman–Crippen LogP) is 3.00. The molecule has 0 fully saturated rings. The van der Waals surface area contributed by atoms with Crippen LogP contribution in [0.4, 0.5) is 16.2 Å². The number of aryl methyl sites for hydroxylation is 1. The number of urea groups is 1. The highest BCUT2D eigenvalue weighted by Crippen LogP contribution is 2.48. The fourth-order valence-corrected chi connectivity index (χ4v) is 4.28. The summed E-state index contributed by atoms with van der Waals surface area (Å²) < 4.78 is 11.3. The van der Waals surface area contributed by atoms with E-state index >= 15 is 0 Å². The van der Waals surface area contributed by atoms with E-state index in [0.717, 1.165) is 10.5 Å². The number of rotatable bonds is 10. The number of nitrogens with zero attached hydrogens (tertiary/aromatic N) is 2. The van der Waals surface area contributed by atoms with Gasteiger partial charge in [-0.1, -0.05) is 35.9 Å². The lowest BCUT2D eigenvalue weighted by molar-refractivity contribution is -0.143. The molecule has 0 bridgehead atoms. The van der Waals surface area contributed by atoms with Crippen LogP contribution >= 0.6 is 0 Å². The second-order valence-corrected chi connectivity index (χ2v) is 7.71. The molecule has 1 atom stereocenters. The van der Waals surface area contributed by atoms with Crippen molar-refractivity contribution in [2.45, 2.75) is 39.0 Å². The number of benzene rings is 2. The van der Waals surface area contributed by atoms with E-state index in [4.69, 9.17) is 15.2 Å². The molecule has 1 aliphatic rings. The number of carbonyl (C=O) groups excluding carboxylic acids is 2. The molecule has 2 aromatic carbocycles. The van der Waals surface area contributed by atoms with Gasteiger partial charge < -0.3 is 25.2 Å². The Labute approximate surface area is 192 Å². The van der Waals surface area contributed by atoms with E-state index in [0.29, 0.717) is 30.2 Å². The second kappa shape index (κ2) is 10.0. The van der Waals surface area contributed by atoms with E-state index in [1.54, 1.807) is 48.5 Å². The van der Waals surface area contributed by atoms with Gasteiger partial charge in [-0.15, -0.1) is 0 Å². The van der Waals surface area contributed by atoms with Gasteiger partial charge in [0.25, 0.3) is 5.91 Å². The normalized spacial score (nSPS) is 17.3. The first kappa shape index (κ1) is 24.2. The van der Waals surface area contributed by atoms with Crippen molar-refractivity contribution < 1.29 is 29.0 Å². The zero-order chi connectivity index (χ0) is 24.2. The van der Waals surface area contributed by atoms with Crippen LogP contribution in [0.25, 0.3) is 0 Å². The SMILES string of the molecule is CCOC(CN1C(=O)C(CC(=O)O)(N(C(N)=O)c2ccc(C)cc2)c2ccccc21)OCC. The van der Waals surface area contributed by atoms with Crippen LogP contribution in [0.5, 0.6) is 0 Å². The van der Waals surface area contributed by atoms with E-state index in [9.17, 15) is 19.5 Å². The summed E-state index contributed by atoms with van der Waals surface area (Å²) in [6.07, 6.45) is -1.39. The number of anilines is 2. The first-order valence-corrected chi connectivity index (χ1v) is 10.8. The van der Waals surface area contributed by atoms with E-state index in [1.807, 2.05) is 20.8 Å².